The average molecular weight is 320 g/mol. The number of fused-ring (bicyclic) bond motifs is 1. The number of hydrogen-bond acceptors (Lipinski definition) is 3. The Morgan fingerprint density at radius 3 is 2.57 bits per heavy atom. The third kappa shape index (κ3) is 2.77. The topological polar surface area (TPSA) is 55.1 Å². The van der Waals surface area contributed by atoms with Gasteiger partial charge in [0, 0.05) is 18.2 Å². The van der Waals surface area contributed by atoms with Crippen molar-refractivity contribution in [3.63, 3.8) is 0 Å². The first-order valence-corrected chi connectivity index (χ1v) is 6.69. The number of halogens is 3. The Hall–Kier alpha value is -2.83. The molecule has 0 saturated heterocycles. The predicted octanol–water partition coefficient (Wildman–Crippen LogP) is 3.87. The van der Waals surface area contributed by atoms with Gasteiger partial charge in [0.1, 0.15) is 5.52 Å². The molecule has 0 radical (unpaired) electrons. The van der Waals surface area contributed by atoms with E-state index in [2.05, 4.69) is 10.3 Å². The highest BCUT2D eigenvalue weighted by Crippen LogP contribution is 2.38. The number of para-hydroxylation sites is 2. The second-order valence-corrected chi connectivity index (χ2v) is 4.82. The largest absolute Gasteiger partial charge is 0.436 e. The Morgan fingerprint density at radius 1 is 1.17 bits per heavy atom. The zero-order valence-electron chi connectivity index (χ0n) is 11.9. The van der Waals surface area contributed by atoms with Gasteiger partial charge in [-0.2, -0.15) is 13.2 Å². The van der Waals surface area contributed by atoms with Crippen molar-refractivity contribution in [1.29, 1.82) is 0 Å². The van der Waals surface area contributed by atoms with E-state index in [1.807, 2.05) is 0 Å². The monoisotopic (exact) mass is 320 g/mol. The molecule has 0 spiro atoms. The number of alkyl halides is 3. The minimum atomic E-state index is -4.64. The Morgan fingerprint density at radius 2 is 1.91 bits per heavy atom. The summed E-state index contributed by atoms with van der Waals surface area (Å²) in [4.78, 5) is 15.6. The Kier molecular flexibility index (Phi) is 3.55. The number of carbonyl (C=O) groups excluding carboxylic acids is 1. The first-order valence-electron chi connectivity index (χ1n) is 6.69. The molecule has 3 aromatic rings. The second kappa shape index (κ2) is 5.42. The number of nitrogens with zero attached hydrogens (tertiary/aromatic N) is 1. The van der Waals surface area contributed by atoms with E-state index in [-0.39, 0.29) is 17.0 Å². The first-order chi connectivity index (χ1) is 10.9. The minimum absolute atomic E-state index is 0.0836. The summed E-state index contributed by atoms with van der Waals surface area (Å²) in [5, 5.41) is 2.30. The number of amides is 1. The zero-order chi connectivity index (χ0) is 16.6. The van der Waals surface area contributed by atoms with Crippen LogP contribution in [0.3, 0.4) is 0 Å². The maximum atomic E-state index is 13.3. The molecule has 118 valence electrons. The van der Waals surface area contributed by atoms with Crippen LogP contribution in [0.25, 0.3) is 22.6 Å². The van der Waals surface area contributed by atoms with Crippen LogP contribution in [0.2, 0.25) is 0 Å². The summed E-state index contributed by atoms with van der Waals surface area (Å²) < 4.78 is 45.4. The van der Waals surface area contributed by atoms with Crippen LogP contribution in [0.5, 0.6) is 0 Å². The van der Waals surface area contributed by atoms with E-state index in [0.717, 1.165) is 6.07 Å². The van der Waals surface area contributed by atoms with E-state index < -0.39 is 17.6 Å². The molecule has 0 saturated carbocycles. The van der Waals surface area contributed by atoms with Crippen LogP contribution in [0.1, 0.15) is 15.9 Å². The highest BCUT2D eigenvalue weighted by Gasteiger charge is 2.35. The molecule has 0 fully saturated rings. The van der Waals surface area contributed by atoms with Crippen molar-refractivity contribution in [3.05, 3.63) is 53.6 Å². The fourth-order valence-corrected chi connectivity index (χ4v) is 2.24. The number of hydrogen-bond donors (Lipinski definition) is 1. The molecule has 0 aliphatic heterocycles. The van der Waals surface area contributed by atoms with Crippen LogP contribution < -0.4 is 5.32 Å². The number of carbonyl (C=O) groups is 1. The first kappa shape index (κ1) is 15.1. The van der Waals surface area contributed by atoms with Gasteiger partial charge >= 0.3 is 6.18 Å². The van der Waals surface area contributed by atoms with Gasteiger partial charge in [-0.1, -0.05) is 12.1 Å². The van der Waals surface area contributed by atoms with Crippen LogP contribution in [-0.2, 0) is 6.18 Å². The summed E-state index contributed by atoms with van der Waals surface area (Å²) >= 11 is 0. The summed E-state index contributed by atoms with van der Waals surface area (Å²) in [7, 11) is 1.35. The Labute approximate surface area is 128 Å². The van der Waals surface area contributed by atoms with Gasteiger partial charge in [0.15, 0.2) is 5.58 Å². The molecule has 0 unspecified atom stereocenters. The molecule has 3 rings (SSSR count). The average Bonchev–Trinajstić information content (AvgIpc) is 2.96. The van der Waals surface area contributed by atoms with Crippen LogP contribution in [0.15, 0.2) is 46.9 Å². The fraction of sp³-hybridized carbons (Fsp3) is 0.125. The molecule has 1 aromatic heterocycles. The summed E-state index contributed by atoms with van der Waals surface area (Å²) in [6.45, 7) is 0. The fourth-order valence-electron chi connectivity index (χ4n) is 2.24. The van der Waals surface area contributed by atoms with Crippen molar-refractivity contribution in [3.8, 4) is 11.5 Å². The number of nitrogens with one attached hydrogen (secondary N) is 1. The van der Waals surface area contributed by atoms with Crippen molar-refractivity contribution in [2.24, 2.45) is 0 Å². The van der Waals surface area contributed by atoms with E-state index in [1.165, 1.54) is 19.2 Å². The number of aromatic nitrogens is 1. The van der Waals surface area contributed by atoms with Crippen LogP contribution in [0, 0.1) is 0 Å². The predicted molar refractivity (Wildman–Crippen MR) is 77.8 cm³/mol. The highest BCUT2D eigenvalue weighted by molar-refractivity contribution is 5.95. The van der Waals surface area contributed by atoms with Crippen molar-refractivity contribution in [2.75, 3.05) is 7.05 Å². The quantitative estimate of drug-likeness (QED) is 0.780. The lowest BCUT2D eigenvalue weighted by molar-refractivity contribution is -0.137. The van der Waals surface area contributed by atoms with E-state index in [0.29, 0.717) is 11.1 Å². The third-order valence-electron chi connectivity index (χ3n) is 3.34. The standard InChI is InChI=1S/C16H11F3N2O2/c1-20-14(22)9-6-7-10(11(8-9)16(17,18)19)15-21-12-4-2-3-5-13(12)23-15/h2-8H,1H3,(H,20,22). The van der Waals surface area contributed by atoms with Crippen LogP contribution >= 0.6 is 0 Å². The van der Waals surface area contributed by atoms with Gasteiger partial charge in [0.05, 0.1) is 5.56 Å². The maximum Gasteiger partial charge on any atom is 0.417 e. The molecule has 2 aromatic carbocycles. The molecular formula is C16H11F3N2O2. The van der Waals surface area contributed by atoms with E-state index in [9.17, 15) is 18.0 Å². The Balaban J connectivity index is 2.19. The minimum Gasteiger partial charge on any atom is -0.436 e. The molecule has 1 N–H and O–H groups in total. The zero-order valence-corrected chi connectivity index (χ0v) is 11.9. The van der Waals surface area contributed by atoms with Gasteiger partial charge in [-0.15, -0.1) is 0 Å². The summed E-state index contributed by atoms with van der Waals surface area (Å²) in [5.74, 6) is -0.735. The molecule has 4 nitrogen and oxygen atoms in total. The summed E-state index contributed by atoms with van der Waals surface area (Å²) in [5.41, 5.74) is -0.400. The lowest BCUT2D eigenvalue weighted by Gasteiger charge is -2.12. The van der Waals surface area contributed by atoms with Gasteiger partial charge in [-0.3, -0.25) is 4.79 Å². The number of benzene rings is 2. The van der Waals surface area contributed by atoms with Gasteiger partial charge in [0.2, 0.25) is 5.89 Å². The van der Waals surface area contributed by atoms with Crippen molar-refractivity contribution >= 4 is 17.0 Å². The Bertz CT molecular complexity index is 851. The van der Waals surface area contributed by atoms with Crippen LogP contribution in [0.4, 0.5) is 13.2 Å². The summed E-state index contributed by atoms with van der Waals surface area (Å²) in [6.07, 6.45) is -4.64. The molecule has 1 amide bonds. The van der Waals surface area contributed by atoms with Gasteiger partial charge in [-0.05, 0) is 30.3 Å². The molecule has 0 aliphatic carbocycles. The van der Waals surface area contributed by atoms with Crippen molar-refractivity contribution in [2.45, 2.75) is 6.18 Å². The number of oxazole rings is 1. The molecule has 0 bridgehead atoms. The smallest absolute Gasteiger partial charge is 0.417 e. The molecular weight excluding hydrogens is 309 g/mol. The highest BCUT2D eigenvalue weighted by atomic mass is 19.4. The van der Waals surface area contributed by atoms with Crippen molar-refractivity contribution in [1.82, 2.24) is 10.3 Å². The molecule has 0 atom stereocenters. The molecule has 23 heavy (non-hydrogen) atoms. The number of rotatable bonds is 2. The van der Waals surface area contributed by atoms with E-state index in [4.69, 9.17) is 4.42 Å². The molecule has 0 aliphatic rings. The van der Waals surface area contributed by atoms with Gasteiger partial charge < -0.3 is 9.73 Å². The maximum absolute atomic E-state index is 13.3. The van der Waals surface area contributed by atoms with Crippen molar-refractivity contribution < 1.29 is 22.4 Å². The van der Waals surface area contributed by atoms with Crippen LogP contribution in [-0.4, -0.2) is 17.9 Å². The van der Waals surface area contributed by atoms with Gasteiger partial charge in [0.25, 0.3) is 5.91 Å². The SMILES string of the molecule is CNC(=O)c1ccc(-c2nc3ccccc3o2)c(C(F)(F)F)c1. The normalized spacial score (nSPS) is 11.7. The molecule has 7 heteroatoms. The van der Waals surface area contributed by atoms with Gasteiger partial charge in [-0.25, -0.2) is 4.98 Å². The lowest BCUT2D eigenvalue weighted by atomic mass is 10.0. The summed E-state index contributed by atoms with van der Waals surface area (Å²) in [6, 6.07) is 9.98. The molecule has 1 heterocycles. The third-order valence-corrected chi connectivity index (χ3v) is 3.34. The van der Waals surface area contributed by atoms with E-state index in [1.54, 1.807) is 24.3 Å². The second-order valence-electron chi connectivity index (χ2n) is 4.82. The lowest BCUT2D eigenvalue weighted by Crippen LogP contribution is -2.19. The van der Waals surface area contributed by atoms with E-state index >= 15 is 0 Å².